The minimum absolute atomic E-state index is 0.0293. The summed E-state index contributed by atoms with van der Waals surface area (Å²) >= 11 is 0. The number of rotatable bonds is 32. The van der Waals surface area contributed by atoms with Crippen molar-refractivity contribution in [2.45, 2.75) is 167 Å². The normalized spacial score (nSPS) is 11.7. The van der Waals surface area contributed by atoms with E-state index in [1.54, 1.807) is 0 Å². The molecule has 0 bridgehead atoms. The second kappa shape index (κ2) is 32.8. The lowest BCUT2D eigenvalue weighted by Gasteiger charge is -2.20. The van der Waals surface area contributed by atoms with E-state index in [0.717, 1.165) is 6.42 Å². The van der Waals surface area contributed by atoms with Crippen LogP contribution in [0, 0.1) is 0 Å². The van der Waals surface area contributed by atoms with Crippen molar-refractivity contribution >= 4 is 0 Å². The van der Waals surface area contributed by atoms with E-state index >= 15 is 0 Å². The molecule has 0 rings (SSSR count). The number of nitrogens with zero attached hydrogens (tertiary/aromatic N) is 1. The number of hydroxylamine groups is 2. The van der Waals surface area contributed by atoms with Crippen LogP contribution >= 0.6 is 0 Å². The number of aliphatic hydroxyl groups excluding tert-OH is 2. The van der Waals surface area contributed by atoms with Crippen molar-refractivity contribution in [3.05, 3.63) is 0 Å². The van der Waals surface area contributed by atoms with E-state index in [9.17, 15) is 0 Å². The van der Waals surface area contributed by atoms with Gasteiger partial charge < -0.3 is 10.2 Å². The molecule has 0 aromatic rings. The topological polar surface area (TPSA) is 62.2 Å². The van der Waals surface area contributed by atoms with E-state index in [-0.39, 0.29) is 26.4 Å². The van der Waals surface area contributed by atoms with E-state index < -0.39 is 0 Å². The highest BCUT2D eigenvalue weighted by Gasteiger charge is 2.05. The van der Waals surface area contributed by atoms with Crippen LogP contribution in [0.2, 0.25) is 0 Å². The summed E-state index contributed by atoms with van der Waals surface area (Å²) in [5, 5.41) is 19.1. The second-order valence-corrected chi connectivity index (χ2v) is 10.7. The Morgan fingerprint density at radius 3 is 0.889 bits per heavy atom. The van der Waals surface area contributed by atoms with Gasteiger partial charge in [-0.3, -0.25) is 9.68 Å². The molecule has 0 heterocycles. The van der Waals surface area contributed by atoms with Crippen LogP contribution < -0.4 is 0 Å². The summed E-state index contributed by atoms with van der Waals surface area (Å²) in [6, 6.07) is 0. The third-order valence-electron chi connectivity index (χ3n) is 7.10. The molecule has 0 saturated carbocycles. The van der Waals surface area contributed by atoms with Crippen LogP contribution in [0.25, 0.3) is 0 Å². The highest BCUT2D eigenvalue weighted by molar-refractivity contribution is 4.52. The first-order valence-electron chi connectivity index (χ1n) is 16.1. The van der Waals surface area contributed by atoms with Gasteiger partial charge in [0.15, 0.2) is 0 Å². The maximum atomic E-state index is 8.85. The van der Waals surface area contributed by atoms with Gasteiger partial charge in [-0.15, -0.1) is 0 Å². The molecule has 0 fully saturated rings. The lowest BCUT2D eigenvalue weighted by molar-refractivity contribution is -0.371. The first-order valence-corrected chi connectivity index (χ1v) is 16.1. The van der Waals surface area contributed by atoms with Gasteiger partial charge in [0.25, 0.3) is 0 Å². The third-order valence-corrected chi connectivity index (χ3v) is 7.10. The van der Waals surface area contributed by atoms with Gasteiger partial charge in [0.1, 0.15) is 0 Å². The summed E-state index contributed by atoms with van der Waals surface area (Å²) in [7, 11) is 0. The molecule has 218 valence electrons. The van der Waals surface area contributed by atoms with Gasteiger partial charge in [0.05, 0.1) is 33.0 Å². The summed E-state index contributed by atoms with van der Waals surface area (Å²) < 4.78 is 0. The first kappa shape index (κ1) is 35.8. The molecule has 0 aromatic carbocycles. The van der Waals surface area contributed by atoms with E-state index in [0.29, 0.717) is 6.54 Å². The van der Waals surface area contributed by atoms with Crippen molar-refractivity contribution < 1.29 is 19.9 Å². The zero-order valence-electron chi connectivity index (χ0n) is 24.4. The Morgan fingerprint density at radius 1 is 0.389 bits per heavy atom. The van der Waals surface area contributed by atoms with Crippen LogP contribution in [0.4, 0.5) is 0 Å². The molecule has 2 N–H and O–H groups in total. The molecule has 0 aromatic heterocycles. The highest BCUT2D eigenvalue weighted by Crippen LogP contribution is 2.16. The van der Waals surface area contributed by atoms with Gasteiger partial charge in [-0.25, -0.2) is 0 Å². The standard InChI is InChI=1S/C31H65NO4/c1-2-3-4-5-6-7-8-9-10-11-12-13-14-15-16-17-18-19-20-21-22-23-24-25-26-27-32(35-30-28-33)36-31-29-34/h33-34H,2-31H2,1H3. The zero-order valence-corrected chi connectivity index (χ0v) is 24.4. The number of unbranched alkanes of at least 4 members (excludes halogenated alkanes) is 24. The van der Waals surface area contributed by atoms with E-state index in [2.05, 4.69) is 6.92 Å². The molecule has 0 radical (unpaired) electrons. The van der Waals surface area contributed by atoms with Crippen molar-refractivity contribution in [2.24, 2.45) is 0 Å². The van der Waals surface area contributed by atoms with Gasteiger partial charge in [-0.1, -0.05) is 166 Å². The smallest absolute Gasteiger partial charge is 0.0942 e. The predicted octanol–water partition coefficient (Wildman–Crippen LogP) is 8.91. The molecule has 0 spiro atoms. The minimum Gasteiger partial charge on any atom is -0.394 e. The lowest BCUT2D eigenvalue weighted by atomic mass is 10.0. The average molecular weight is 516 g/mol. The molecule has 0 amide bonds. The number of hydrogen-bond donors (Lipinski definition) is 2. The second-order valence-electron chi connectivity index (χ2n) is 10.7. The summed E-state index contributed by atoms with van der Waals surface area (Å²) in [4.78, 5) is 10.6. The van der Waals surface area contributed by atoms with Crippen LogP contribution in [-0.4, -0.2) is 48.4 Å². The molecule has 0 aliphatic heterocycles. The minimum atomic E-state index is -0.0293. The predicted molar refractivity (Wildman–Crippen MR) is 154 cm³/mol. The molecule has 0 aliphatic rings. The summed E-state index contributed by atoms with van der Waals surface area (Å²) in [5.41, 5.74) is 0. The number of hydrogen-bond acceptors (Lipinski definition) is 5. The Morgan fingerprint density at radius 2 is 0.639 bits per heavy atom. The van der Waals surface area contributed by atoms with E-state index in [4.69, 9.17) is 19.9 Å². The van der Waals surface area contributed by atoms with E-state index in [1.807, 2.05) is 0 Å². The van der Waals surface area contributed by atoms with Crippen LogP contribution in [0.15, 0.2) is 0 Å². The van der Waals surface area contributed by atoms with Gasteiger partial charge in [-0.05, 0) is 6.42 Å². The Hall–Kier alpha value is -0.200. The Balaban J connectivity index is 3.17. The van der Waals surface area contributed by atoms with Crippen LogP contribution in [0.5, 0.6) is 0 Å². The lowest BCUT2D eigenvalue weighted by Crippen LogP contribution is -2.28. The van der Waals surface area contributed by atoms with Gasteiger partial charge in [0, 0.05) is 0 Å². The van der Waals surface area contributed by atoms with Crippen molar-refractivity contribution in [3.8, 4) is 0 Å². The fourth-order valence-corrected chi connectivity index (χ4v) is 4.83. The Kier molecular flexibility index (Phi) is 32.6. The largest absolute Gasteiger partial charge is 0.394 e. The quantitative estimate of drug-likeness (QED) is 0.0691. The van der Waals surface area contributed by atoms with Crippen LogP contribution in [0.1, 0.15) is 167 Å². The highest BCUT2D eigenvalue weighted by atomic mass is 16.9. The van der Waals surface area contributed by atoms with Crippen molar-refractivity contribution in [3.63, 3.8) is 0 Å². The first-order chi connectivity index (χ1) is 17.8. The molecule has 5 nitrogen and oxygen atoms in total. The van der Waals surface area contributed by atoms with Crippen LogP contribution in [-0.2, 0) is 9.68 Å². The van der Waals surface area contributed by atoms with Gasteiger partial charge in [0.2, 0.25) is 0 Å². The maximum Gasteiger partial charge on any atom is 0.0942 e. The third kappa shape index (κ3) is 30.0. The maximum absolute atomic E-state index is 8.85. The molecular weight excluding hydrogens is 450 g/mol. The average Bonchev–Trinajstić information content (AvgIpc) is 2.89. The molecule has 0 atom stereocenters. The zero-order chi connectivity index (χ0) is 26.2. The molecule has 5 heteroatoms. The van der Waals surface area contributed by atoms with E-state index in [1.165, 1.54) is 159 Å². The molecule has 0 aliphatic carbocycles. The van der Waals surface area contributed by atoms with Crippen molar-refractivity contribution in [1.29, 1.82) is 0 Å². The monoisotopic (exact) mass is 515 g/mol. The SMILES string of the molecule is CCCCCCCCCCCCCCCCCCCCCCCCCCCN(OCCO)OCCO. The molecule has 0 saturated heterocycles. The van der Waals surface area contributed by atoms with Gasteiger partial charge >= 0.3 is 0 Å². The fourth-order valence-electron chi connectivity index (χ4n) is 4.83. The molecule has 36 heavy (non-hydrogen) atoms. The molecule has 0 unspecified atom stereocenters. The van der Waals surface area contributed by atoms with Crippen molar-refractivity contribution in [1.82, 2.24) is 5.23 Å². The summed E-state index contributed by atoms with van der Waals surface area (Å²) in [6.07, 6.45) is 34.9. The fraction of sp³-hybridized carbons (Fsp3) is 1.00. The molecular formula is C31H65NO4. The Labute approximate surface area is 225 Å². The Bertz CT molecular complexity index is 376. The summed E-state index contributed by atoms with van der Waals surface area (Å²) in [6.45, 7) is 3.37. The van der Waals surface area contributed by atoms with Gasteiger partial charge in [-0.2, -0.15) is 0 Å². The van der Waals surface area contributed by atoms with Crippen LogP contribution in [0.3, 0.4) is 0 Å². The number of aliphatic hydroxyl groups is 2. The van der Waals surface area contributed by atoms with Crippen molar-refractivity contribution in [2.75, 3.05) is 33.0 Å². The summed E-state index contributed by atoms with van der Waals surface area (Å²) in [5.74, 6) is 0.